The van der Waals surface area contributed by atoms with Crippen LogP contribution in [0.5, 0.6) is 0 Å². The molecule has 3 nitrogen and oxygen atoms in total. The van der Waals surface area contributed by atoms with Crippen molar-refractivity contribution in [2.45, 2.75) is 20.0 Å². The molecule has 2 N–H and O–H groups in total. The van der Waals surface area contributed by atoms with Crippen LogP contribution in [-0.4, -0.2) is 44.0 Å². The summed E-state index contributed by atoms with van der Waals surface area (Å²) in [6.45, 7) is 5.97. The van der Waals surface area contributed by atoms with Crippen molar-refractivity contribution in [2.75, 3.05) is 34.2 Å². The maximum absolute atomic E-state index is 5.64. The molecule has 17 heavy (non-hydrogen) atoms. The molecule has 0 saturated carbocycles. The molecule has 1 rings (SSSR count). The first-order chi connectivity index (χ1) is 8.02. The van der Waals surface area contributed by atoms with Crippen molar-refractivity contribution in [3.05, 3.63) is 34.9 Å². The zero-order valence-corrected chi connectivity index (χ0v) is 11.5. The van der Waals surface area contributed by atoms with Gasteiger partial charge in [-0.1, -0.05) is 18.2 Å². The number of nitrogens with two attached hydrogens (primary N) is 1. The molecule has 0 atom stereocenters. The third-order valence-corrected chi connectivity index (χ3v) is 3.01. The first kappa shape index (κ1) is 14.2. The summed E-state index contributed by atoms with van der Waals surface area (Å²) in [5.41, 5.74) is 9.58. The number of rotatable bonds is 6. The Balaban J connectivity index is 2.56. The summed E-state index contributed by atoms with van der Waals surface area (Å²) in [4.78, 5) is 4.56. The summed E-state index contributed by atoms with van der Waals surface area (Å²) in [5.74, 6) is 0. The van der Waals surface area contributed by atoms with E-state index in [4.69, 9.17) is 5.73 Å². The largest absolute Gasteiger partial charge is 0.326 e. The van der Waals surface area contributed by atoms with Gasteiger partial charge in [0.25, 0.3) is 0 Å². The van der Waals surface area contributed by atoms with Crippen LogP contribution in [0, 0.1) is 6.92 Å². The Kier molecular flexibility index (Phi) is 5.62. The fraction of sp³-hybridized carbons (Fsp3) is 0.571. The monoisotopic (exact) mass is 235 g/mol. The van der Waals surface area contributed by atoms with Gasteiger partial charge in [0.1, 0.15) is 0 Å². The highest BCUT2D eigenvalue weighted by atomic mass is 15.1. The average Bonchev–Trinajstić information content (AvgIpc) is 2.29. The number of hydrogen-bond acceptors (Lipinski definition) is 3. The van der Waals surface area contributed by atoms with Gasteiger partial charge in [-0.25, -0.2) is 0 Å². The van der Waals surface area contributed by atoms with Crippen molar-refractivity contribution in [3.8, 4) is 0 Å². The van der Waals surface area contributed by atoms with E-state index in [2.05, 4.69) is 56.1 Å². The third kappa shape index (κ3) is 4.86. The van der Waals surface area contributed by atoms with Gasteiger partial charge in [-0.3, -0.25) is 0 Å². The predicted molar refractivity (Wildman–Crippen MR) is 74.0 cm³/mol. The Morgan fingerprint density at radius 1 is 1.12 bits per heavy atom. The lowest BCUT2D eigenvalue weighted by molar-refractivity contribution is 0.276. The quantitative estimate of drug-likeness (QED) is 0.810. The normalized spacial score (nSPS) is 11.5. The van der Waals surface area contributed by atoms with E-state index in [1.54, 1.807) is 0 Å². The lowest BCUT2D eigenvalue weighted by atomic mass is 10.0. The van der Waals surface area contributed by atoms with Gasteiger partial charge in [0.05, 0.1) is 0 Å². The molecule has 0 saturated heterocycles. The molecule has 0 spiro atoms. The standard InChI is InChI=1S/C14H25N3/c1-12-9-13(10-15)5-6-14(12)11-17(4)8-7-16(2)3/h5-6,9H,7-8,10-11,15H2,1-4H3. The van der Waals surface area contributed by atoms with Crippen LogP contribution < -0.4 is 5.73 Å². The van der Waals surface area contributed by atoms with Gasteiger partial charge in [0.2, 0.25) is 0 Å². The molecule has 0 fully saturated rings. The summed E-state index contributed by atoms with van der Waals surface area (Å²) >= 11 is 0. The van der Waals surface area contributed by atoms with Crippen molar-refractivity contribution in [2.24, 2.45) is 5.73 Å². The van der Waals surface area contributed by atoms with Crippen molar-refractivity contribution < 1.29 is 0 Å². The number of aryl methyl sites for hydroxylation is 1. The molecule has 1 aromatic rings. The molecule has 0 aliphatic rings. The van der Waals surface area contributed by atoms with Crippen LogP contribution in [0.3, 0.4) is 0 Å². The van der Waals surface area contributed by atoms with E-state index < -0.39 is 0 Å². The first-order valence-corrected chi connectivity index (χ1v) is 6.14. The fourth-order valence-corrected chi connectivity index (χ4v) is 1.80. The average molecular weight is 235 g/mol. The number of hydrogen-bond donors (Lipinski definition) is 1. The van der Waals surface area contributed by atoms with Gasteiger partial charge < -0.3 is 15.5 Å². The van der Waals surface area contributed by atoms with Crippen LogP contribution in [0.2, 0.25) is 0 Å². The lowest BCUT2D eigenvalue weighted by Gasteiger charge is -2.20. The van der Waals surface area contributed by atoms with Gasteiger partial charge in [-0.15, -0.1) is 0 Å². The van der Waals surface area contributed by atoms with Crippen LogP contribution in [0.4, 0.5) is 0 Å². The molecule has 0 radical (unpaired) electrons. The highest BCUT2D eigenvalue weighted by Crippen LogP contribution is 2.12. The summed E-state index contributed by atoms with van der Waals surface area (Å²) < 4.78 is 0. The first-order valence-electron chi connectivity index (χ1n) is 6.14. The van der Waals surface area contributed by atoms with Gasteiger partial charge in [0.15, 0.2) is 0 Å². The lowest BCUT2D eigenvalue weighted by Crippen LogP contribution is -2.28. The Hall–Kier alpha value is -0.900. The topological polar surface area (TPSA) is 32.5 Å². The molecule has 0 amide bonds. The van der Waals surface area contributed by atoms with Gasteiger partial charge in [-0.2, -0.15) is 0 Å². The SMILES string of the molecule is Cc1cc(CN)ccc1CN(C)CCN(C)C. The smallest absolute Gasteiger partial charge is 0.0233 e. The highest BCUT2D eigenvalue weighted by Gasteiger charge is 2.04. The van der Waals surface area contributed by atoms with Gasteiger partial charge >= 0.3 is 0 Å². The van der Waals surface area contributed by atoms with E-state index in [1.165, 1.54) is 16.7 Å². The third-order valence-electron chi connectivity index (χ3n) is 3.01. The summed E-state index contributed by atoms with van der Waals surface area (Å²) in [6.07, 6.45) is 0. The maximum Gasteiger partial charge on any atom is 0.0233 e. The minimum absolute atomic E-state index is 0.623. The van der Waals surface area contributed by atoms with E-state index in [9.17, 15) is 0 Å². The second-order valence-electron chi connectivity index (χ2n) is 5.01. The van der Waals surface area contributed by atoms with Crippen LogP contribution in [0.15, 0.2) is 18.2 Å². The molecule has 0 aliphatic carbocycles. The Labute approximate surface area is 105 Å². The zero-order chi connectivity index (χ0) is 12.8. The second kappa shape index (κ2) is 6.74. The molecule has 0 bridgehead atoms. The van der Waals surface area contributed by atoms with Crippen LogP contribution in [0.25, 0.3) is 0 Å². The van der Waals surface area contributed by atoms with E-state index in [0.29, 0.717) is 6.54 Å². The summed E-state index contributed by atoms with van der Waals surface area (Å²) in [7, 11) is 6.38. The number of benzene rings is 1. The molecule has 0 aliphatic heterocycles. The van der Waals surface area contributed by atoms with E-state index >= 15 is 0 Å². The van der Waals surface area contributed by atoms with E-state index in [-0.39, 0.29) is 0 Å². The summed E-state index contributed by atoms with van der Waals surface area (Å²) in [6, 6.07) is 6.51. The number of nitrogens with zero attached hydrogens (tertiary/aromatic N) is 2. The molecule has 0 heterocycles. The van der Waals surface area contributed by atoms with Crippen LogP contribution >= 0.6 is 0 Å². The number of likely N-dealkylation sites (N-methyl/N-ethyl adjacent to an activating group) is 2. The van der Waals surface area contributed by atoms with Crippen molar-refractivity contribution in [1.82, 2.24) is 9.80 Å². The molecular formula is C14H25N3. The minimum Gasteiger partial charge on any atom is -0.326 e. The van der Waals surface area contributed by atoms with Gasteiger partial charge in [-0.05, 0) is 44.8 Å². The molecule has 1 aromatic carbocycles. The molecule has 0 aromatic heterocycles. The molecular weight excluding hydrogens is 210 g/mol. The van der Waals surface area contributed by atoms with Crippen LogP contribution in [0.1, 0.15) is 16.7 Å². The Morgan fingerprint density at radius 2 is 1.82 bits per heavy atom. The van der Waals surface area contributed by atoms with Crippen molar-refractivity contribution in [3.63, 3.8) is 0 Å². The van der Waals surface area contributed by atoms with Crippen LogP contribution in [-0.2, 0) is 13.1 Å². The van der Waals surface area contributed by atoms with Crippen molar-refractivity contribution >= 4 is 0 Å². The van der Waals surface area contributed by atoms with Crippen molar-refractivity contribution in [1.29, 1.82) is 0 Å². The molecule has 96 valence electrons. The van der Waals surface area contributed by atoms with E-state index in [1.807, 2.05) is 0 Å². The maximum atomic E-state index is 5.64. The van der Waals surface area contributed by atoms with Gasteiger partial charge in [0, 0.05) is 26.2 Å². The Bertz CT molecular complexity index is 347. The Morgan fingerprint density at radius 3 is 2.35 bits per heavy atom. The predicted octanol–water partition coefficient (Wildman–Crippen LogP) is 1.45. The highest BCUT2D eigenvalue weighted by molar-refractivity contribution is 5.30. The minimum atomic E-state index is 0.623. The second-order valence-corrected chi connectivity index (χ2v) is 5.01. The fourth-order valence-electron chi connectivity index (χ4n) is 1.80. The molecule has 0 unspecified atom stereocenters. The molecule has 3 heteroatoms. The van der Waals surface area contributed by atoms with E-state index in [0.717, 1.165) is 19.6 Å². The summed E-state index contributed by atoms with van der Waals surface area (Å²) in [5, 5.41) is 0. The zero-order valence-electron chi connectivity index (χ0n) is 11.5.